The predicted molar refractivity (Wildman–Crippen MR) is 92.1 cm³/mol. The summed E-state index contributed by atoms with van der Waals surface area (Å²) in [4.78, 5) is 0. The highest BCUT2D eigenvalue weighted by Gasteiger charge is 2.38. The zero-order valence-electron chi connectivity index (χ0n) is 12.5. The van der Waals surface area contributed by atoms with Gasteiger partial charge in [-0.3, -0.25) is 5.73 Å². The van der Waals surface area contributed by atoms with E-state index >= 15 is 0 Å². The summed E-state index contributed by atoms with van der Waals surface area (Å²) in [5.74, 6) is -0.391. The monoisotopic (exact) mass is 303 g/mol. The largest absolute Gasteiger partial charge is 0.508 e. The third-order valence-corrected chi connectivity index (χ3v) is 4.54. The van der Waals surface area contributed by atoms with Gasteiger partial charge in [0.05, 0.1) is 5.92 Å². The van der Waals surface area contributed by atoms with Gasteiger partial charge in [0.1, 0.15) is 11.5 Å². The highest BCUT2D eigenvalue weighted by Crippen LogP contribution is 2.45. The van der Waals surface area contributed by atoms with Crippen molar-refractivity contribution < 1.29 is 10.2 Å². The van der Waals surface area contributed by atoms with Crippen LogP contribution in [0.25, 0.3) is 16.8 Å². The minimum Gasteiger partial charge on any atom is -0.508 e. The van der Waals surface area contributed by atoms with E-state index in [1.165, 1.54) is 0 Å². The van der Waals surface area contributed by atoms with Crippen molar-refractivity contribution >= 4 is 16.8 Å². The van der Waals surface area contributed by atoms with Gasteiger partial charge in [0.25, 0.3) is 0 Å². The topological polar surface area (TPSA) is 66.5 Å². The normalized spacial score (nSPS) is 23.0. The van der Waals surface area contributed by atoms with Crippen LogP contribution in [0.3, 0.4) is 0 Å². The molecule has 0 spiro atoms. The molecule has 114 valence electrons. The molecule has 3 heteroatoms. The second kappa shape index (κ2) is 4.95. The number of phenols is 1. The van der Waals surface area contributed by atoms with E-state index in [0.29, 0.717) is 5.56 Å². The molecule has 2 unspecified atom stereocenters. The Hall–Kier alpha value is -2.62. The Morgan fingerprint density at radius 3 is 2.52 bits per heavy atom. The van der Waals surface area contributed by atoms with E-state index in [1.807, 2.05) is 60.7 Å². The lowest BCUT2D eigenvalue weighted by Crippen LogP contribution is -2.45. The number of hydrogen-bond donors (Lipinski definition) is 3. The molecular formula is C20H17NO2. The van der Waals surface area contributed by atoms with Gasteiger partial charge in [0.2, 0.25) is 0 Å². The highest BCUT2D eigenvalue weighted by atomic mass is 16.3. The van der Waals surface area contributed by atoms with Crippen molar-refractivity contribution in [3.8, 4) is 5.75 Å². The number of fused-ring (bicyclic) bond motifs is 2. The molecule has 0 saturated carbocycles. The maximum Gasteiger partial charge on any atom is 0.144 e. The Kier molecular flexibility index (Phi) is 3.01. The quantitative estimate of drug-likeness (QED) is 0.604. The number of aliphatic hydroxyl groups is 1. The van der Waals surface area contributed by atoms with Crippen LogP contribution in [0.5, 0.6) is 5.75 Å². The van der Waals surface area contributed by atoms with Crippen molar-refractivity contribution in [1.29, 1.82) is 0 Å². The van der Waals surface area contributed by atoms with Gasteiger partial charge in [-0.05, 0) is 34.0 Å². The first-order valence-corrected chi connectivity index (χ1v) is 7.58. The van der Waals surface area contributed by atoms with E-state index in [4.69, 9.17) is 5.73 Å². The van der Waals surface area contributed by atoms with E-state index < -0.39 is 11.6 Å². The zero-order valence-corrected chi connectivity index (χ0v) is 12.5. The van der Waals surface area contributed by atoms with Crippen LogP contribution in [-0.2, 0) is 0 Å². The summed E-state index contributed by atoms with van der Waals surface area (Å²) in [6, 6.07) is 19.1. The summed E-state index contributed by atoms with van der Waals surface area (Å²) in [6.07, 6.45) is 3.43. The first-order valence-electron chi connectivity index (χ1n) is 7.58. The van der Waals surface area contributed by atoms with Gasteiger partial charge in [-0.15, -0.1) is 0 Å². The van der Waals surface area contributed by atoms with Crippen LogP contribution in [0, 0.1) is 0 Å². The van der Waals surface area contributed by atoms with Crippen molar-refractivity contribution in [2.24, 2.45) is 5.73 Å². The number of benzene rings is 3. The second-order valence-electron chi connectivity index (χ2n) is 6.00. The first kappa shape index (κ1) is 14.0. The number of hydrogen-bond acceptors (Lipinski definition) is 3. The molecule has 4 rings (SSSR count). The Balaban J connectivity index is 2.07. The van der Waals surface area contributed by atoms with Crippen LogP contribution >= 0.6 is 0 Å². The van der Waals surface area contributed by atoms with Gasteiger partial charge in [-0.2, -0.15) is 0 Å². The van der Waals surface area contributed by atoms with Crippen LogP contribution in [0.2, 0.25) is 0 Å². The van der Waals surface area contributed by atoms with E-state index in [9.17, 15) is 10.2 Å². The van der Waals surface area contributed by atoms with Crippen molar-refractivity contribution in [3.63, 3.8) is 0 Å². The summed E-state index contributed by atoms with van der Waals surface area (Å²) in [7, 11) is 0. The summed E-state index contributed by atoms with van der Waals surface area (Å²) in [5.41, 5.74) is 7.19. The third-order valence-electron chi connectivity index (χ3n) is 4.54. The average molecular weight is 303 g/mol. The summed E-state index contributed by atoms with van der Waals surface area (Å²) >= 11 is 0. The van der Waals surface area contributed by atoms with Gasteiger partial charge in [-0.25, -0.2) is 0 Å². The smallest absolute Gasteiger partial charge is 0.144 e. The maximum absolute atomic E-state index is 10.8. The SMILES string of the molecule is NC1(O)C=Cc2ccccc2C1c1c(O)ccc2ccccc12. The fourth-order valence-electron chi connectivity index (χ4n) is 3.47. The maximum atomic E-state index is 10.8. The molecule has 0 radical (unpaired) electrons. The molecule has 1 aliphatic carbocycles. The predicted octanol–water partition coefficient (Wildman–Crippen LogP) is 3.35. The molecule has 0 aromatic heterocycles. The van der Waals surface area contributed by atoms with Crippen LogP contribution < -0.4 is 5.73 Å². The highest BCUT2D eigenvalue weighted by molar-refractivity contribution is 5.89. The van der Waals surface area contributed by atoms with Gasteiger partial charge in [0, 0.05) is 5.56 Å². The number of rotatable bonds is 1. The Morgan fingerprint density at radius 2 is 1.65 bits per heavy atom. The first-order chi connectivity index (χ1) is 11.1. The van der Waals surface area contributed by atoms with E-state index in [-0.39, 0.29) is 5.75 Å². The third kappa shape index (κ3) is 2.13. The van der Waals surface area contributed by atoms with Crippen molar-refractivity contribution in [2.75, 3.05) is 0 Å². The molecule has 3 aromatic carbocycles. The fourth-order valence-corrected chi connectivity index (χ4v) is 3.47. The van der Waals surface area contributed by atoms with Gasteiger partial charge in [0.15, 0.2) is 0 Å². The fraction of sp³-hybridized carbons (Fsp3) is 0.100. The molecule has 0 aliphatic heterocycles. The average Bonchev–Trinajstić information content (AvgIpc) is 2.56. The van der Waals surface area contributed by atoms with Crippen molar-refractivity contribution in [1.82, 2.24) is 0 Å². The van der Waals surface area contributed by atoms with E-state index in [1.54, 1.807) is 12.1 Å². The molecule has 2 atom stereocenters. The molecule has 0 amide bonds. The number of nitrogens with two attached hydrogens (primary N) is 1. The van der Waals surface area contributed by atoms with Crippen molar-refractivity contribution in [2.45, 2.75) is 11.6 Å². The molecule has 4 N–H and O–H groups in total. The molecule has 23 heavy (non-hydrogen) atoms. The van der Waals surface area contributed by atoms with Crippen molar-refractivity contribution in [3.05, 3.63) is 83.4 Å². The van der Waals surface area contributed by atoms with Crippen LogP contribution in [0.15, 0.2) is 66.7 Å². The Morgan fingerprint density at radius 1 is 0.913 bits per heavy atom. The minimum atomic E-state index is -1.56. The molecule has 3 aromatic rings. The molecular weight excluding hydrogens is 286 g/mol. The Bertz CT molecular complexity index is 928. The van der Waals surface area contributed by atoms with Gasteiger partial charge in [-0.1, -0.05) is 60.7 Å². The lowest BCUT2D eigenvalue weighted by atomic mass is 9.75. The van der Waals surface area contributed by atoms with E-state index in [2.05, 4.69) is 0 Å². The van der Waals surface area contributed by atoms with Crippen LogP contribution in [0.1, 0.15) is 22.6 Å². The lowest BCUT2D eigenvalue weighted by Gasteiger charge is -2.35. The molecule has 1 aliphatic rings. The minimum absolute atomic E-state index is 0.141. The Labute approximate surface area is 134 Å². The number of aromatic hydroxyl groups is 1. The number of phenolic OH excluding ortho intramolecular Hbond substituents is 1. The zero-order chi connectivity index (χ0) is 16.0. The molecule has 0 heterocycles. The van der Waals surface area contributed by atoms with Crippen LogP contribution in [0.4, 0.5) is 0 Å². The summed E-state index contributed by atoms with van der Waals surface area (Å²) < 4.78 is 0. The summed E-state index contributed by atoms with van der Waals surface area (Å²) in [5, 5.41) is 23.2. The molecule has 3 nitrogen and oxygen atoms in total. The van der Waals surface area contributed by atoms with Crippen LogP contribution in [-0.4, -0.2) is 15.9 Å². The lowest BCUT2D eigenvalue weighted by molar-refractivity contribution is 0.0793. The summed E-state index contributed by atoms with van der Waals surface area (Å²) in [6.45, 7) is 0. The van der Waals surface area contributed by atoms with Gasteiger partial charge < -0.3 is 10.2 Å². The molecule has 0 fully saturated rings. The molecule has 0 saturated heterocycles. The second-order valence-corrected chi connectivity index (χ2v) is 6.00. The standard InChI is InChI=1S/C20H17NO2/c21-20(23)12-11-14-6-2-4-8-16(14)19(20)18-15-7-3-1-5-13(15)9-10-17(18)22/h1-12,19,22-23H,21H2. The van der Waals surface area contributed by atoms with Gasteiger partial charge >= 0.3 is 0 Å². The molecule has 0 bridgehead atoms. The van der Waals surface area contributed by atoms with E-state index in [0.717, 1.165) is 21.9 Å².